The molecule has 6 heteroatoms. The van der Waals surface area contributed by atoms with E-state index in [1.54, 1.807) is 31.5 Å². The van der Waals surface area contributed by atoms with Crippen molar-refractivity contribution in [1.82, 2.24) is 9.88 Å². The third-order valence-electron chi connectivity index (χ3n) is 4.58. The number of ether oxygens (including phenoxy) is 1. The maximum Gasteiger partial charge on any atom is 0.257 e. The van der Waals surface area contributed by atoms with Crippen LogP contribution in [-0.2, 0) is 6.54 Å². The first kappa shape index (κ1) is 19.0. The number of amides is 1. The van der Waals surface area contributed by atoms with E-state index in [2.05, 4.69) is 5.32 Å². The molecular weight excluding hydrogens is 364 g/mol. The zero-order chi connectivity index (χ0) is 19.6. The quantitative estimate of drug-likeness (QED) is 0.718. The average Bonchev–Trinajstić information content (AvgIpc) is 2.68. The molecule has 0 fully saturated rings. The highest BCUT2D eigenvalue weighted by atomic mass is 35.5. The molecule has 5 nitrogen and oxygen atoms in total. The van der Waals surface area contributed by atoms with E-state index < -0.39 is 5.91 Å². The number of hydrogen-bond donors (Lipinski definition) is 1. The van der Waals surface area contributed by atoms with Crippen LogP contribution in [-0.4, -0.2) is 17.6 Å². The fraction of sp³-hybridized carbons (Fsp3) is 0.238. The van der Waals surface area contributed by atoms with Gasteiger partial charge in [-0.1, -0.05) is 29.8 Å². The number of methoxy groups -OCH3 is 1. The molecule has 1 heterocycles. The summed E-state index contributed by atoms with van der Waals surface area (Å²) in [4.78, 5) is 25.7. The summed E-state index contributed by atoms with van der Waals surface area (Å²) in [5.74, 6) is 0.254. The largest absolute Gasteiger partial charge is 0.496 e. The van der Waals surface area contributed by atoms with Crippen molar-refractivity contribution in [2.75, 3.05) is 7.11 Å². The molecule has 0 aliphatic carbocycles. The summed E-state index contributed by atoms with van der Waals surface area (Å²) in [5, 5.41) is 3.79. The second-order valence-electron chi connectivity index (χ2n) is 6.26. The van der Waals surface area contributed by atoms with Crippen LogP contribution >= 0.6 is 11.6 Å². The summed E-state index contributed by atoms with van der Waals surface area (Å²) in [5.41, 5.74) is 1.35. The second-order valence-corrected chi connectivity index (χ2v) is 6.69. The molecule has 2 aromatic carbocycles. The molecule has 0 saturated carbocycles. The summed E-state index contributed by atoms with van der Waals surface area (Å²) in [6.07, 6.45) is 1.60. The van der Waals surface area contributed by atoms with Gasteiger partial charge in [-0.3, -0.25) is 9.59 Å². The Balaban J connectivity index is 2.01. The molecule has 140 valence electrons. The number of pyridine rings is 1. The molecule has 1 aromatic heterocycles. The topological polar surface area (TPSA) is 60.3 Å². The number of nitrogens with zero attached hydrogens (tertiary/aromatic N) is 1. The van der Waals surface area contributed by atoms with E-state index in [-0.39, 0.29) is 17.0 Å². The van der Waals surface area contributed by atoms with Crippen LogP contribution in [0.5, 0.6) is 5.75 Å². The molecule has 27 heavy (non-hydrogen) atoms. The Morgan fingerprint density at radius 1 is 1.26 bits per heavy atom. The zero-order valence-electron chi connectivity index (χ0n) is 15.5. The van der Waals surface area contributed by atoms with Crippen molar-refractivity contribution < 1.29 is 9.53 Å². The van der Waals surface area contributed by atoms with E-state index in [1.807, 2.05) is 42.7 Å². The van der Waals surface area contributed by atoms with E-state index in [1.165, 1.54) is 0 Å². The van der Waals surface area contributed by atoms with Crippen LogP contribution in [0.4, 0.5) is 0 Å². The number of para-hydroxylation sites is 1. The number of benzene rings is 2. The molecule has 1 amide bonds. The lowest BCUT2D eigenvalue weighted by Crippen LogP contribution is -2.32. The number of hydrogen-bond acceptors (Lipinski definition) is 3. The minimum atomic E-state index is -0.428. The van der Waals surface area contributed by atoms with Crippen molar-refractivity contribution >= 4 is 28.4 Å². The predicted molar refractivity (Wildman–Crippen MR) is 108 cm³/mol. The van der Waals surface area contributed by atoms with Crippen molar-refractivity contribution in [3.8, 4) is 5.75 Å². The van der Waals surface area contributed by atoms with Crippen LogP contribution in [0.2, 0.25) is 5.02 Å². The summed E-state index contributed by atoms with van der Waals surface area (Å²) in [6, 6.07) is 12.3. The van der Waals surface area contributed by atoms with Crippen LogP contribution in [0.25, 0.3) is 10.9 Å². The number of aromatic nitrogens is 1. The Morgan fingerprint density at radius 3 is 2.70 bits per heavy atom. The first-order valence-electron chi connectivity index (χ1n) is 8.72. The standard InChI is InChI=1S/C21H21ClN2O3/c1-4-24-12-17(20(25)16-11-14(22)9-10-18(16)24)21(26)23-13(2)15-7-5-6-8-19(15)27-3/h5-13H,4H2,1-3H3,(H,23,26)/t13-/m1/s1. The van der Waals surface area contributed by atoms with Gasteiger partial charge in [-0.2, -0.15) is 0 Å². The van der Waals surface area contributed by atoms with Gasteiger partial charge in [-0.15, -0.1) is 0 Å². The van der Waals surface area contributed by atoms with Crippen molar-refractivity contribution in [2.24, 2.45) is 0 Å². The Morgan fingerprint density at radius 2 is 2.00 bits per heavy atom. The smallest absolute Gasteiger partial charge is 0.257 e. The highest BCUT2D eigenvalue weighted by Crippen LogP contribution is 2.24. The molecule has 0 aliphatic rings. The summed E-state index contributed by atoms with van der Waals surface area (Å²) in [6.45, 7) is 4.43. The first-order valence-corrected chi connectivity index (χ1v) is 9.10. The highest BCUT2D eigenvalue weighted by molar-refractivity contribution is 6.31. The monoisotopic (exact) mass is 384 g/mol. The number of fused-ring (bicyclic) bond motifs is 1. The van der Waals surface area contributed by atoms with Crippen LogP contribution in [0.3, 0.4) is 0 Å². The van der Waals surface area contributed by atoms with E-state index in [0.29, 0.717) is 22.7 Å². The molecule has 0 spiro atoms. The van der Waals surface area contributed by atoms with Gasteiger partial charge in [0.25, 0.3) is 5.91 Å². The van der Waals surface area contributed by atoms with Gasteiger partial charge in [-0.05, 0) is 38.1 Å². The second kappa shape index (κ2) is 7.84. The minimum absolute atomic E-state index is 0.0911. The normalized spacial score (nSPS) is 12.0. The lowest BCUT2D eigenvalue weighted by atomic mass is 10.1. The van der Waals surface area contributed by atoms with Crippen LogP contribution in [0.1, 0.15) is 35.8 Å². The van der Waals surface area contributed by atoms with Crippen molar-refractivity contribution in [3.63, 3.8) is 0 Å². The molecule has 1 N–H and O–H groups in total. The lowest BCUT2D eigenvalue weighted by Gasteiger charge is -2.18. The van der Waals surface area contributed by atoms with Crippen LogP contribution < -0.4 is 15.5 Å². The molecule has 3 rings (SSSR count). The number of rotatable bonds is 5. The summed E-state index contributed by atoms with van der Waals surface area (Å²) >= 11 is 6.05. The molecule has 0 saturated heterocycles. The molecule has 0 unspecified atom stereocenters. The number of carbonyl (C=O) groups excluding carboxylic acids is 1. The molecule has 0 aliphatic heterocycles. The van der Waals surface area contributed by atoms with Gasteiger partial charge in [0, 0.05) is 28.7 Å². The van der Waals surface area contributed by atoms with E-state index in [0.717, 1.165) is 11.1 Å². The van der Waals surface area contributed by atoms with Crippen molar-refractivity contribution in [2.45, 2.75) is 26.4 Å². The van der Waals surface area contributed by atoms with Crippen LogP contribution in [0, 0.1) is 0 Å². The number of aryl methyl sites for hydroxylation is 1. The van der Waals surface area contributed by atoms with E-state index in [4.69, 9.17) is 16.3 Å². The molecule has 0 bridgehead atoms. The van der Waals surface area contributed by atoms with E-state index in [9.17, 15) is 9.59 Å². The zero-order valence-corrected chi connectivity index (χ0v) is 16.2. The third kappa shape index (κ3) is 3.69. The molecule has 0 radical (unpaired) electrons. The third-order valence-corrected chi connectivity index (χ3v) is 4.82. The van der Waals surface area contributed by atoms with Gasteiger partial charge in [-0.25, -0.2) is 0 Å². The minimum Gasteiger partial charge on any atom is -0.496 e. The summed E-state index contributed by atoms with van der Waals surface area (Å²) < 4.78 is 7.22. The Kier molecular flexibility index (Phi) is 5.51. The average molecular weight is 385 g/mol. The number of nitrogens with one attached hydrogen (secondary N) is 1. The maximum atomic E-state index is 12.9. The van der Waals surface area contributed by atoms with Crippen molar-refractivity contribution in [3.05, 3.63) is 75.0 Å². The highest BCUT2D eigenvalue weighted by Gasteiger charge is 2.19. The van der Waals surface area contributed by atoms with E-state index >= 15 is 0 Å². The van der Waals surface area contributed by atoms with Gasteiger partial charge in [0.05, 0.1) is 18.7 Å². The fourth-order valence-electron chi connectivity index (χ4n) is 3.17. The summed E-state index contributed by atoms with van der Waals surface area (Å²) in [7, 11) is 1.58. The Labute approximate surface area is 162 Å². The Hall–Kier alpha value is -2.79. The van der Waals surface area contributed by atoms with Gasteiger partial charge in [0.15, 0.2) is 0 Å². The number of halogens is 1. The lowest BCUT2D eigenvalue weighted by molar-refractivity contribution is 0.0938. The SMILES string of the molecule is CCn1cc(C(=O)N[C@H](C)c2ccccc2OC)c(=O)c2cc(Cl)ccc21. The Bertz CT molecular complexity index is 1060. The predicted octanol–water partition coefficient (Wildman–Crippen LogP) is 4.17. The van der Waals surface area contributed by atoms with Crippen LogP contribution in [0.15, 0.2) is 53.5 Å². The molecule has 1 atom stereocenters. The van der Waals surface area contributed by atoms with Gasteiger partial charge < -0.3 is 14.6 Å². The van der Waals surface area contributed by atoms with Gasteiger partial charge in [0.2, 0.25) is 5.43 Å². The van der Waals surface area contributed by atoms with Gasteiger partial charge >= 0.3 is 0 Å². The number of carbonyl (C=O) groups is 1. The van der Waals surface area contributed by atoms with Crippen molar-refractivity contribution in [1.29, 1.82) is 0 Å². The molecular formula is C21H21ClN2O3. The van der Waals surface area contributed by atoms with Gasteiger partial charge in [0.1, 0.15) is 11.3 Å². The molecule has 3 aromatic rings. The fourth-order valence-corrected chi connectivity index (χ4v) is 3.34. The first-order chi connectivity index (χ1) is 13.0. The maximum absolute atomic E-state index is 12.9.